The summed E-state index contributed by atoms with van der Waals surface area (Å²) in [5, 5.41) is 0.350. The Balaban J connectivity index is 2.84. The Kier molecular flexibility index (Phi) is 4.26. The second kappa shape index (κ2) is 5.27. The van der Waals surface area contributed by atoms with Crippen molar-refractivity contribution in [2.75, 3.05) is 7.05 Å². The predicted octanol–water partition coefficient (Wildman–Crippen LogP) is 1.78. The van der Waals surface area contributed by atoms with E-state index in [1.54, 1.807) is 31.0 Å². The fraction of sp³-hybridized carbons (Fsp3) is 0.364. The number of likely N-dealkylation sites (N-methyl/N-ethyl adjacent to an activating group) is 1. The van der Waals surface area contributed by atoms with Gasteiger partial charge in [-0.05, 0) is 26.1 Å². The first-order chi connectivity index (χ1) is 7.43. The molecule has 0 heterocycles. The summed E-state index contributed by atoms with van der Waals surface area (Å²) in [5.74, 6) is -0.828. The molecule has 0 bridgehead atoms. The Hall–Kier alpha value is -1.13. The van der Waals surface area contributed by atoms with Gasteiger partial charge in [-0.1, -0.05) is 17.7 Å². The number of carbonyl (C=O) groups excluding carboxylic acids is 1. The average Bonchev–Trinajstić information content (AvgIpc) is 2.22. The third-order valence-corrected chi connectivity index (χ3v) is 2.90. The van der Waals surface area contributed by atoms with Crippen LogP contribution in [0.2, 0.25) is 5.02 Å². The van der Waals surface area contributed by atoms with Crippen LogP contribution < -0.4 is 5.73 Å². The zero-order chi connectivity index (χ0) is 12.3. The number of nitrogens with zero attached hydrogens (tertiary/aromatic N) is 1. The summed E-state index contributed by atoms with van der Waals surface area (Å²) in [6.45, 7) is 1.91. The summed E-state index contributed by atoms with van der Waals surface area (Å²) in [7, 11) is 1.69. The summed E-state index contributed by atoms with van der Waals surface area (Å²) in [6.07, 6.45) is 0. The van der Waals surface area contributed by atoms with Gasteiger partial charge < -0.3 is 5.73 Å². The van der Waals surface area contributed by atoms with Gasteiger partial charge in [0.25, 0.3) is 0 Å². The molecule has 0 aliphatic heterocycles. The molecule has 0 unspecified atom stereocenters. The van der Waals surface area contributed by atoms with E-state index in [9.17, 15) is 9.18 Å². The quantitative estimate of drug-likeness (QED) is 0.878. The lowest BCUT2D eigenvalue weighted by Gasteiger charge is -2.22. The number of amides is 1. The van der Waals surface area contributed by atoms with E-state index in [1.807, 2.05) is 0 Å². The van der Waals surface area contributed by atoms with Crippen LogP contribution in [-0.2, 0) is 11.3 Å². The highest BCUT2D eigenvalue weighted by molar-refractivity contribution is 6.31. The summed E-state index contributed by atoms with van der Waals surface area (Å²) in [6, 6.07) is 4.03. The van der Waals surface area contributed by atoms with Crippen molar-refractivity contribution in [3.63, 3.8) is 0 Å². The van der Waals surface area contributed by atoms with Crippen molar-refractivity contribution in [2.24, 2.45) is 5.73 Å². The van der Waals surface area contributed by atoms with Crippen molar-refractivity contribution in [1.29, 1.82) is 0 Å². The number of nitrogens with two attached hydrogens (primary N) is 1. The van der Waals surface area contributed by atoms with Gasteiger partial charge in [0.1, 0.15) is 5.82 Å². The zero-order valence-corrected chi connectivity index (χ0v) is 9.96. The minimum atomic E-state index is -0.462. The molecule has 0 spiro atoms. The molecule has 88 valence electrons. The molecule has 0 aliphatic rings. The van der Waals surface area contributed by atoms with Gasteiger partial charge in [0, 0.05) is 17.1 Å². The third kappa shape index (κ3) is 2.93. The van der Waals surface area contributed by atoms with E-state index in [1.165, 1.54) is 6.07 Å². The van der Waals surface area contributed by atoms with Crippen LogP contribution in [0.4, 0.5) is 4.39 Å². The average molecular weight is 245 g/mol. The van der Waals surface area contributed by atoms with Crippen LogP contribution in [0.5, 0.6) is 0 Å². The van der Waals surface area contributed by atoms with Gasteiger partial charge in [0.05, 0.1) is 6.04 Å². The molecule has 1 rings (SSSR count). The number of halogens is 2. The molecule has 0 fully saturated rings. The monoisotopic (exact) mass is 244 g/mol. The molecule has 0 radical (unpaired) electrons. The lowest BCUT2D eigenvalue weighted by Crippen LogP contribution is -2.39. The molecular formula is C11H14ClFN2O. The highest BCUT2D eigenvalue weighted by Gasteiger charge is 2.17. The molecule has 1 aromatic rings. The van der Waals surface area contributed by atoms with Crippen molar-refractivity contribution < 1.29 is 9.18 Å². The molecule has 1 atom stereocenters. The number of carbonyl (C=O) groups is 1. The highest BCUT2D eigenvalue weighted by atomic mass is 35.5. The molecule has 0 saturated heterocycles. The fourth-order valence-corrected chi connectivity index (χ4v) is 1.51. The van der Waals surface area contributed by atoms with Crippen LogP contribution in [0.1, 0.15) is 12.5 Å². The molecule has 0 aromatic heterocycles. The molecule has 16 heavy (non-hydrogen) atoms. The van der Waals surface area contributed by atoms with Crippen LogP contribution in [0, 0.1) is 5.82 Å². The Morgan fingerprint density at radius 3 is 2.75 bits per heavy atom. The maximum atomic E-state index is 13.4. The van der Waals surface area contributed by atoms with E-state index in [4.69, 9.17) is 17.3 Å². The van der Waals surface area contributed by atoms with Crippen molar-refractivity contribution in [1.82, 2.24) is 4.90 Å². The number of hydrogen-bond donors (Lipinski definition) is 1. The predicted molar refractivity (Wildman–Crippen MR) is 61.5 cm³/mol. The smallest absolute Gasteiger partial charge is 0.234 e. The van der Waals surface area contributed by atoms with E-state index >= 15 is 0 Å². The number of benzene rings is 1. The SMILES string of the molecule is C[C@@H](C(N)=O)N(C)Cc1c(F)cccc1Cl. The van der Waals surface area contributed by atoms with E-state index in [0.717, 1.165) is 0 Å². The molecule has 3 nitrogen and oxygen atoms in total. The summed E-state index contributed by atoms with van der Waals surface area (Å²) in [5.41, 5.74) is 5.53. The second-order valence-corrected chi connectivity index (χ2v) is 4.10. The van der Waals surface area contributed by atoms with E-state index in [2.05, 4.69) is 0 Å². The van der Waals surface area contributed by atoms with Crippen LogP contribution in [0.15, 0.2) is 18.2 Å². The van der Waals surface area contributed by atoms with Crippen LogP contribution >= 0.6 is 11.6 Å². The van der Waals surface area contributed by atoms with Gasteiger partial charge in [0.15, 0.2) is 0 Å². The Labute approximate surface area is 99.0 Å². The van der Waals surface area contributed by atoms with Crippen molar-refractivity contribution in [3.8, 4) is 0 Å². The lowest BCUT2D eigenvalue weighted by molar-refractivity contribution is -0.122. The molecule has 1 amide bonds. The number of primary amides is 1. The van der Waals surface area contributed by atoms with Gasteiger partial charge >= 0.3 is 0 Å². The number of hydrogen-bond acceptors (Lipinski definition) is 2. The number of rotatable bonds is 4. The minimum Gasteiger partial charge on any atom is -0.368 e. The van der Waals surface area contributed by atoms with Crippen LogP contribution in [0.3, 0.4) is 0 Å². The highest BCUT2D eigenvalue weighted by Crippen LogP contribution is 2.20. The molecule has 0 aliphatic carbocycles. The largest absolute Gasteiger partial charge is 0.368 e. The molecular weight excluding hydrogens is 231 g/mol. The van der Waals surface area contributed by atoms with Crippen LogP contribution in [-0.4, -0.2) is 23.9 Å². The maximum absolute atomic E-state index is 13.4. The Bertz CT molecular complexity index is 377. The Morgan fingerprint density at radius 1 is 1.62 bits per heavy atom. The second-order valence-electron chi connectivity index (χ2n) is 3.69. The van der Waals surface area contributed by atoms with E-state index < -0.39 is 11.9 Å². The van der Waals surface area contributed by atoms with Crippen LogP contribution in [0.25, 0.3) is 0 Å². The fourth-order valence-electron chi connectivity index (χ4n) is 1.29. The molecule has 5 heteroatoms. The summed E-state index contributed by atoms with van der Waals surface area (Å²) >= 11 is 5.88. The summed E-state index contributed by atoms with van der Waals surface area (Å²) < 4.78 is 13.4. The van der Waals surface area contributed by atoms with Gasteiger partial charge in [0.2, 0.25) is 5.91 Å². The first-order valence-corrected chi connectivity index (χ1v) is 5.23. The topological polar surface area (TPSA) is 46.3 Å². The van der Waals surface area contributed by atoms with Crippen molar-refractivity contribution >= 4 is 17.5 Å². The molecule has 2 N–H and O–H groups in total. The zero-order valence-electron chi connectivity index (χ0n) is 9.21. The van der Waals surface area contributed by atoms with Gasteiger partial charge in [-0.3, -0.25) is 9.69 Å². The molecule has 1 aromatic carbocycles. The van der Waals surface area contributed by atoms with E-state index in [-0.39, 0.29) is 12.4 Å². The van der Waals surface area contributed by atoms with Gasteiger partial charge in [-0.15, -0.1) is 0 Å². The standard InChI is InChI=1S/C11H14ClFN2O/c1-7(11(14)16)15(2)6-8-9(12)4-3-5-10(8)13/h3-5,7H,6H2,1-2H3,(H2,14,16)/t7-/m0/s1. The third-order valence-electron chi connectivity index (χ3n) is 2.54. The van der Waals surface area contributed by atoms with Crippen molar-refractivity contribution in [2.45, 2.75) is 19.5 Å². The van der Waals surface area contributed by atoms with Gasteiger partial charge in [-0.25, -0.2) is 4.39 Å². The summed E-state index contributed by atoms with van der Waals surface area (Å²) in [4.78, 5) is 12.6. The maximum Gasteiger partial charge on any atom is 0.234 e. The minimum absolute atomic E-state index is 0.246. The molecule has 0 saturated carbocycles. The van der Waals surface area contributed by atoms with Crippen molar-refractivity contribution in [3.05, 3.63) is 34.6 Å². The lowest BCUT2D eigenvalue weighted by atomic mass is 10.1. The van der Waals surface area contributed by atoms with Gasteiger partial charge in [-0.2, -0.15) is 0 Å². The van der Waals surface area contributed by atoms with E-state index in [0.29, 0.717) is 10.6 Å². The Morgan fingerprint density at radius 2 is 2.25 bits per heavy atom. The first-order valence-electron chi connectivity index (χ1n) is 4.86. The first kappa shape index (κ1) is 12.9. The normalized spacial score (nSPS) is 12.8.